The van der Waals surface area contributed by atoms with Gasteiger partial charge in [0, 0.05) is 20.7 Å². The lowest BCUT2D eigenvalue weighted by atomic mass is 10.5. The number of ether oxygens (including phenoxy) is 1. The summed E-state index contributed by atoms with van der Waals surface area (Å²) in [6.07, 6.45) is 0. The van der Waals surface area contributed by atoms with Crippen molar-refractivity contribution in [3.63, 3.8) is 0 Å². The minimum Gasteiger partial charge on any atom is -0.480 e. The molecule has 9 nitrogen and oxygen atoms in total. The van der Waals surface area contributed by atoms with E-state index in [0.717, 1.165) is 11.8 Å². The van der Waals surface area contributed by atoms with Crippen LogP contribution in [0, 0.1) is 0 Å². The number of hydrogen-bond donors (Lipinski definition) is 2. The highest BCUT2D eigenvalue weighted by Crippen LogP contribution is 2.25. The molecule has 0 radical (unpaired) electrons. The highest BCUT2D eigenvalue weighted by Gasteiger charge is 2.21. The molecule has 0 fully saturated rings. The summed E-state index contributed by atoms with van der Waals surface area (Å²) in [6, 6.07) is 0. The number of nitrogens with zero attached hydrogens (tertiary/aromatic N) is 3. The fourth-order valence-electron chi connectivity index (χ4n) is 1.90. The Bertz CT molecular complexity index is 821. The smallest absolute Gasteiger partial charge is 0.329 e. The number of methoxy groups -OCH3 is 1. The number of hydrogen-bond acceptors (Lipinski definition) is 6. The fourth-order valence-corrected chi connectivity index (χ4v) is 2.77. The van der Waals surface area contributed by atoms with Gasteiger partial charge in [0.2, 0.25) is 0 Å². The lowest BCUT2D eigenvalue weighted by Crippen LogP contribution is -2.29. The van der Waals surface area contributed by atoms with Crippen LogP contribution in [0.5, 0.6) is 0 Å². The van der Waals surface area contributed by atoms with Gasteiger partial charge in [0.15, 0.2) is 16.3 Å². The first-order valence-electron chi connectivity index (χ1n) is 6.44. The second kappa shape index (κ2) is 6.36. The summed E-state index contributed by atoms with van der Waals surface area (Å²) in [5.41, 5.74) is -0.697. The number of thioether (sulfide) groups is 1. The highest BCUT2D eigenvalue weighted by atomic mass is 32.2. The van der Waals surface area contributed by atoms with E-state index in [9.17, 15) is 14.4 Å². The normalized spacial score (nSPS) is 12.7. The van der Waals surface area contributed by atoms with Gasteiger partial charge in [-0.05, 0) is 6.92 Å². The molecule has 0 spiro atoms. The van der Waals surface area contributed by atoms with E-state index in [1.165, 1.54) is 25.6 Å². The zero-order valence-electron chi connectivity index (χ0n) is 12.3. The van der Waals surface area contributed by atoms with Gasteiger partial charge in [0.05, 0.1) is 6.61 Å². The fraction of sp³-hybridized carbons (Fsp3) is 0.500. The summed E-state index contributed by atoms with van der Waals surface area (Å²) in [6.45, 7) is 2.17. The van der Waals surface area contributed by atoms with Gasteiger partial charge in [-0.2, -0.15) is 0 Å². The van der Waals surface area contributed by atoms with E-state index in [4.69, 9.17) is 9.84 Å². The molecule has 0 bridgehead atoms. The van der Waals surface area contributed by atoms with Gasteiger partial charge in [-0.3, -0.25) is 19.1 Å². The van der Waals surface area contributed by atoms with Crippen molar-refractivity contribution < 1.29 is 14.6 Å². The molecule has 10 heteroatoms. The maximum Gasteiger partial charge on any atom is 0.329 e. The molecule has 1 atom stereocenters. The Morgan fingerprint density at radius 3 is 2.77 bits per heavy atom. The number of H-pyrrole nitrogens is 1. The number of fused-ring (bicyclic) bond motifs is 1. The maximum absolute atomic E-state index is 12.1. The van der Waals surface area contributed by atoms with Crippen LogP contribution in [0.4, 0.5) is 0 Å². The molecule has 0 aliphatic rings. The summed E-state index contributed by atoms with van der Waals surface area (Å²) >= 11 is 1.01. The molecule has 2 rings (SSSR count). The van der Waals surface area contributed by atoms with Crippen LogP contribution < -0.4 is 11.2 Å². The quantitative estimate of drug-likeness (QED) is 0.695. The number of aliphatic carboxylic acids is 1. The monoisotopic (exact) mass is 328 g/mol. The van der Waals surface area contributed by atoms with Gasteiger partial charge in [-0.1, -0.05) is 11.8 Å². The lowest BCUT2D eigenvalue weighted by Gasteiger charge is -2.09. The first-order chi connectivity index (χ1) is 10.4. The molecule has 0 saturated heterocycles. The van der Waals surface area contributed by atoms with E-state index in [2.05, 4.69) is 9.97 Å². The van der Waals surface area contributed by atoms with Crippen LogP contribution in [-0.2, 0) is 23.1 Å². The van der Waals surface area contributed by atoms with Gasteiger partial charge in [0.25, 0.3) is 5.56 Å². The number of rotatable bonds is 6. The van der Waals surface area contributed by atoms with Crippen LogP contribution in [0.3, 0.4) is 0 Å². The number of aryl methyl sites for hydroxylation is 1. The SMILES string of the molecule is COCCn1c(S[C@H](C)C(=O)O)nc2c1c(=O)[nH]c(=O)n2C. The third-order valence-electron chi connectivity index (χ3n) is 3.12. The van der Waals surface area contributed by atoms with Crippen LogP contribution in [0.2, 0.25) is 0 Å². The zero-order valence-corrected chi connectivity index (χ0v) is 13.1. The Morgan fingerprint density at radius 1 is 1.50 bits per heavy atom. The largest absolute Gasteiger partial charge is 0.480 e. The van der Waals surface area contributed by atoms with Crippen LogP contribution in [0.1, 0.15) is 6.92 Å². The van der Waals surface area contributed by atoms with Gasteiger partial charge in [-0.25, -0.2) is 9.78 Å². The molecule has 2 aromatic heterocycles. The van der Waals surface area contributed by atoms with Crippen molar-refractivity contribution in [1.82, 2.24) is 19.1 Å². The van der Waals surface area contributed by atoms with Gasteiger partial charge in [0.1, 0.15) is 5.25 Å². The third-order valence-corrected chi connectivity index (χ3v) is 4.20. The molecule has 0 aliphatic heterocycles. The van der Waals surface area contributed by atoms with Crippen LogP contribution in [-0.4, -0.2) is 49.1 Å². The van der Waals surface area contributed by atoms with Crippen molar-refractivity contribution in [3.05, 3.63) is 20.8 Å². The molecule has 2 aromatic rings. The molecule has 0 aliphatic carbocycles. The Labute approximate surface area is 128 Å². The Balaban J connectivity index is 2.66. The first kappa shape index (κ1) is 16.3. The van der Waals surface area contributed by atoms with Gasteiger partial charge >= 0.3 is 11.7 Å². The number of nitrogens with one attached hydrogen (secondary N) is 1. The summed E-state index contributed by atoms with van der Waals surface area (Å²) in [5.74, 6) is -0.988. The molecular weight excluding hydrogens is 312 g/mol. The topological polar surface area (TPSA) is 119 Å². The Morgan fingerprint density at radius 2 is 2.18 bits per heavy atom. The average molecular weight is 328 g/mol. The molecule has 2 heterocycles. The molecule has 0 saturated carbocycles. The number of aromatic amines is 1. The molecular formula is C12H16N4O5S. The second-order valence-corrected chi connectivity index (χ2v) is 5.94. The number of aromatic nitrogens is 4. The summed E-state index contributed by atoms with van der Waals surface area (Å²) in [7, 11) is 3.01. The van der Waals surface area contributed by atoms with Crippen molar-refractivity contribution in [2.45, 2.75) is 23.9 Å². The highest BCUT2D eigenvalue weighted by molar-refractivity contribution is 8.00. The van der Waals surface area contributed by atoms with Crippen molar-refractivity contribution >= 4 is 28.9 Å². The second-order valence-electron chi connectivity index (χ2n) is 4.63. The van der Waals surface area contributed by atoms with Crippen molar-refractivity contribution in [1.29, 1.82) is 0 Å². The first-order valence-corrected chi connectivity index (χ1v) is 7.32. The molecule has 120 valence electrons. The summed E-state index contributed by atoms with van der Waals surface area (Å²) in [5, 5.41) is 8.65. The van der Waals surface area contributed by atoms with Gasteiger partial charge < -0.3 is 14.4 Å². The average Bonchev–Trinajstić information content (AvgIpc) is 2.81. The third kappa shape index (κ3) is 2.92. The minimum atomic E-state index is -0.988. The molecule has 0 unspecified atom stereocenters. The molecule has 0 aromatic carbocycles. The van der Waals surface area contributed by atoms with Crippen molar-refractivity contribution in [2.24, 2.45) is 7.05 Å². The number of carbonyl (C=O) groups is 1. The van der Waals surface area contributed by atoms with Crippen LogP contribution >= 0.6 is 11.8 Å². The predicted molar refractivity (Wildman–Crippen MR) is 80.4 cm³/mol. The number of carboxylic acid groups (broad SMARTS) is 1. The summed E-state index contributed by atoms with van der Waals surface area (Å²) in [4.78, 5) is 41.2. The maximum atomic E-state index is 12.1. The van der Waals surface area contributed by atoms with Crippen molar-refractivity contribution in [3.8, 4) is 0 Å². The van der Waals surface area contributed by atoms with E-state index in [0.29, 0.717) is 18.3 Å². The zero-order chi connectivity index (χ0) is 16.4. The molecule has 0 amide bonds. The number of imidazole rings is 1. The van der Waals surface area contributed by atoms with Crippen LogP contribution in [0.25, 0.3) is 11.2 Å². The van der Waals surface area contributed by atoms with Crippen LogP contribution in [0.15, 0.2) is 14.7 Å². The van der Waals surface area contributed by atoms with E-state index >= 15 is 0 Å². The van der Waals surface area contributed by atoms with E-state index < -0.39 is 22.5 Å². The van der Waals surface area contributed by atoms with Gasteiger partial charge in [-0.15, -0.1) is 0 Å². The van der Waals surface area contributed by atoms with E-state index in [1.54, 1.807) is 4.57 Å². The Kier molecular flexibility index (Phi) is 4.71. The van der Waals surface area contributed by atoms with E-state index in [-0.39, 0.29) is 11.2 Å². The lowest BCUT2D eigenvalue weighted by molar-refractivity contribution is -0.136. The predicted octanol–water partition coefficient (Wildman–Crippen LogP) is -0.365. The Hall–Kier alpha value is -2.07. The number of carboxylic acids is 1. The van der Waals surface area contributed by atoms with Crippen molar-refractivity contribution in [2.75, 3.05) is 13.7 Å². The van der Waals surface area contributed by atoms with E-state index in [1.807, 2.05) is 0 Å². The standard InChI is InChI=1S/C12H16N4O5S/c1-6(10(18)19)22-12-13-8-7(16(12)4-5-21-3)9(17)14-11(20)15(8)2/h6H,4-5H2,1-3H3,(H,18,19)(H,14,17,20)/t6-/m1/s1. The molecule has 2 N–H and O–H groups in total. The molecule has 22 heavy (non-hydrogen) atoms. The summed E-state index contributed by atoms with van der Waals surface area (Å²) < 4.78 is 7.80. The minimum absolute atomic E-state index is 0.213.